The van der Waals surface area contributed by atoms with Crippen molar-refractivity contribution in [3.63, 3.8) is 0 Å². The number of aryl methyl sites for hydroxylation is 2. The van der Waals surface area contributed by atoms with Crippen LogP contribution in [-0.4, -0.2) is 34.0 Å². The van der Waals surface area contributed by atoms with Crippen LogP contribution in [0.2, 0.25) is 0 Å². The van der Waals surface area contributed by atoms with E-state index < -0.39 is 10.0 Å². The van der Waals surface area contributed by atoms with Crippen LogP contribution in [0.4, 0.5) is 4.39 Å². The van der Waals surface area contributed by atoms with E-state index in [9.17, 15) is 12.8 Å². The topological polar surface area (TPSA) is 82.6 Å². The molecule has 0 atom stereocenters. The Bertz CT molecular complexity index is 912. The van der Waals surface area contributed by atoms with Crippen molar-refractivity contribution in [2.45, 2.75) is 32.2 Å². The predicted molar refractivity (Wildman–Crippen MR) is 110 cm³/mol. The van der Waals surface area contributed by atoms with Crippen LogP contribution in [0.5, 0.6) is 0 Å². The first-order valence-electron chi connectivity index (χ1n) is 9.15. The number of aliphatic imine (C=N–C) groups is 1. The van der Waals surface area contributed by atoms with E-state index in [4.69, 9.17) is 0 Å². The van der Waals surface area contributed by atoms with Crippen molar-refractivity contribution < 1.29 is 12.8 Å². The monoisotopic (exact) mass is 406 g/mol. The fourth-order valence-electron chi connectivity index (χ4n) is 2.54. The van der Waals surface area contributed by atoms with Crippen LogP contribution in [-0.2, 0) is 16.6 Å². The van der Waals surface area contributed by atoms with Gasteiger partial charge in [-0.05, 0) is 55.7 Å². The lowest BCUT2D eigenvalue weighted by Gasteiger charge is -2.13. The highest BCUT2D eigenvalue weighted by Crippen LogP contribution is 2.16. The largest absolute Gasteiger partial charge is 0.357 e. The number of nitrogens with zero attached hydrogens (tertiary/aromatic N) is 1. The first-order chi connectivity index (χ1) is 13.3. The van der Waals surface area contributed by atoms with Gasteiger partial charge in [-0.15, -0.1) is 0 Å². The molecule has 0 saturated heterocycles. The summed E-state index contributed by atoms with van der Waals surface area (Å²) < 4.78 is 40.6. The van der Waals surface area contributed by atoms with Crippen LogP contribution in [0.3, 0.4) is 0 Å². The number of guanidine groups is 1. The number of hydrogen-bond acceptors (Lipinski definition) is 3. The molecule has 0 unspecified atom stereocenters. The molecule has 2 aromatic carbocycles. The molecular weight excluding hydrogens is 379 g/mol. The fourth-order valence-corrected chi connectivity index (χ4v) is 3.90. The van der Waals surface area contributed by atoms with E-state index in [-0.39, 0.29) is 12.4 Å². The lowest BCUT2D eigenvalue weighted by molar-refractivity contribution is 0.579. The lowest BCUT2D eigenvalue weighted by atomic mass is 10.2. The number of hydrogen-bond donors (Lipinski definition) is 3. The second kappa shape index (κ2) is 10.2. The zero-order chi connectivity index (χ0) is 20.6. The summed E-state index contributed by atoms with van der Waals surface area (Å²) in [4.78, 5) is 4.72. The molecule has 152 valence electrons. The molecule has 0 aromatic heterocycles. The first kappa shape index (κ1) is 21.8. The van der Waals surface area contributed by atoms with Crippen LogP contribution in [0.1, 0.15) is 23.6 Å². The van der Waals surface area contributed by atoms with Gasteiger partial charge in [0, 0.05) is 19.6 Å². The molecule has 0 aliphatic carbocycles. The van der Waals surface area contributed by atoms with E-state index in [0.29, 0.717) is 36.1 Å². The smallest absolute Gasteiger partial charge is 0.240 e. The Morgan fingerprint density at radius 1 is 1.04 bits per heavy atom. The van der Waals surface area contributed by atoms with Gasteiger partial charge >= 0.3 is 0 Å². The van der Waals surface area contributed by atoms with Gasteiger partial charge in [-0.2, -0.15) is 0 Å². The van der Waals surface area contributed by atoms with E-state index in [2.05, 4.69) is 20.3 Å². The standard InChI is InChI=1S/C20H27FN4O2S/c1-4-22-20(24-14-17-7-9-18(21)10-8-17)23-11-12-25-28(26,27)19-13-15(2)5-6-16(19)3/h5-10,13,25H,4,11-12,14H2,1-3H3,(H2,22,23,24). The van der Waals surface area contributed by atoms with Crippen LogP contribution >= 0.6 is 0 Å². The number of halogens is 1. The molecule has 8 heteroatoms. The maximum absolute atomic E-state index is 13.0. The van der Waals surface area contributed by atoms with Crippen LogP contribution in [0.25, 0.3) is 0 Å². The Balaban J connectivity index is 1.90. The highest BCUT2D eigenvalue weighted by molar-refractivity contribution is 7.89. The predicted octanol–water partition coefficient (Wildman–Crippen LogP) is 2.48. The minimum absolute atomic E-state index is 0.219. The molecule has 0 spiro atoms. The van der Waals surface area contributed by atoms with Gasteiger partial charge in [-0.1, -0.05) is 24.3 Å². The summed E-state index contributed by atoms with van der Waals surface area (Å²) >= 11 is 0. The summed E-state index contributed by atoms with van der Waals surface area (Å²) in [6.45, 7) is 7.24. The van der Waals surface area contributed by atoms with E-state index in [0.717, 1.165) is 11.1 Å². The maximum Gasteiger partial charge on any atom is 0.240 e. The molecule has 0 radical (unpaired) electrons. The summed E-state index contributed by atoms with van der Waals surface area (Å²) in [5, 5.41) is 6.19. The number of sulfonamides is 1. The summed E-state index contributed by atoms with van der Waals surface area (Å²) in [6.07, 6.45) is 0. The summed E-state index contributed by atoms with van der Waals surface area (Å²) in [5.74, 6) is 0.284. The Kier molecular flexibility index (Phi) is 7.95. The maximum atomic E-state index is 13.0. The number of benzene rings is 2. The van der Waals surface area contributed by atoms with Gasteiger partial charge in [0.2, 0.25) is 10.0 Å². The van der Waals surface area contributed by atoms with Gasteiger partial charge in [0.15, 0.2) is 5.96 Å². The summed E-state index contributed by atoms with van der Waals surface area (Å²) in [6, 6.07) is 11.5. The molecule has 0 fully saturated rings. The normalized spacial score (nSPS) is 12.1. The molecule has 2 aromatic rings. The van der Waals surface area contributed by atoms with Crippen molar-refractivity contribution in [2.24, 2.45) is 4.99 Å². The summed E-state index contributed by atoms with van der Waals surface area (Å²) in [5.41, 5.74) is 2.49. The average molecular weight is 407 g/mol. The second-order valence-corrected chi connectivity index (χ2v) is 8.15. The van der Waals surface area contributed by atoms with Crippen molar-refractivity contribution in [1.82, 2.24) is 15.4 Å². The van der Waals surface area contributed by atoms with Gasteiger partial charge in [0.1, 0.15) is 5.82 Å². The summed E-state index contributed by atoms with van der Waals surface area (Å²) in [7, 11) is -3.57. The van der Waals surface area contributed by atoms with Crippen LogP contribution < -0.4 is 15.4 Å². The SMILES string of the molecule is CCNC(=NCc1ccc(F)cc1)NCCNS(=O)(=O)c1cc(C)ccc1C. The third kappa shape index (κ3) is 6.61. The molecule has 0 aliphatic rings. The van der Waals surface area contributed by atoms with Crippen molar-refractivity contribution in [3.05, 3.63) is 65.0 Å². The van der Waals surface area contributed by atoms with Gasteiger partial charge < -0.3 is 10.6 Å². The zero-order valence-electron chi connectivity index (χ0n) is 16.4. The fraction of sp³-hybridized carbons (Fsp3) is 0.350. The molecule has 0 bridgehead atoms. The second-order valence-electron chi connectivity index (χ2n) is 6.42. The van der Waals surface area contributed by atoms with Gasteiger partial charge in [-0.3, -0.25) is 0 Å². The number of nitrogens with one attached hydrogen (secondary N) is 3. The van der Waals surface area contributed by atoms with E-state index >= 15 is 0 Å². The Hall–Kier alpha value is -2.45. The van der Waals surface area contributed by atoms with Crippen LogP contribution in [0.15, 0.2) is 52.4 Å². The van der Waals surface area contributed by atoms with Crippen LogP contribution in [0, 0.1) is 19.7 Å². The average Bonchev–Trinajstić information content (AvgIpc) is 2.66. The number of rotatable bonds is 8. The minimum Gasteiger partial charge on any atom is -0.357 e. The molecule has 0 aliphatic heterocycles. The van der Waals surface area contributed by atoms with Crippen molar-refractivity contribution in [2.75, 3.05) is 19.6 Å². The minimum atomic E-state index is -3.57. The quantitative estimate of drug-likeness (QED) is 0.357. The van der Waals surface area contributed by atoms with Crippen molar-refractivity contribution >= 4 is 16.0 Å². The molecule has 6 nitrogen and oxygen atoms in total. The first-order valence-corrected chi connectivity index (χ1v) is 10.6. The molecule has 0 amide bonds. The Morgan fingerprint density at radius 2 is 1.75 bits per heavy atom. The third-order valence-corrected chi connectivity index (χ3v) is 5.62. The molecule has 3 N–H and O–H groups in total. The molecule has 28 heavy (non-hydrogen) atoms. The highest BCUT2D eigenvalue weighted by Gasteiger charge is 2.16. The van der Waals surface area contributed by atoms with E-state index in [1.54, 1.807) is 31.2 Å². The van der Waals surface area contributed by atoms with E-state index in [1.807, 2.05) is 19.9 Å². The Morgan fingerprint density at radius 3 is 2.43 bits per heavy atom. The lowest BCUT2D eigenvalue weighted by Crippen LogP contribution is -2.41. The van der Waals surface area contributed by atoms with Gasteiger partial charge in [0.25, 0.3) is 0 Å². The highest BCUT2D eigenvalue weighted by atomic mass is 32.2. The molecule has 0 heterocycles. The Labute approximate surface area is 166 Å². The third-order valence-electron chi connectivity index (χ3n) is 4.02. The molecular formula is C20H27FN4O2S. The van der Waals surface area contributed by atoms with Crippen molar-refractivity contribution in [1.29, 1.82) is 0 Å². The molecule has 2 rings (SSSR count). The van der Waals surface area contributed by atoms with Gasteiger partial charge in [0.05, 0.1) is 11.4 Å². The zero-order valence-corrected chi connectivity index (χ0v) is 17.2. The van der Waals surface area contributed by atoms with E-state index in [1.165, 1.54) is 12.1 Å². The molecule has 0 saturated carbocycles. The van der Waals surface area contributed by atoms with Gasteiger partial charge in [-0.25, -0.2) is 22.5 Å². The van der Waals surface area contributed by atoms with Crippen molar-refractivity contribution in [3.8, 4) is 0 Å².